The largest absolute Gasteiger partial charge is 0.309 e. The van der Waals surface area contributed by atoms with E-state index in [2.05, 4.69) is 168 Å². The van der Waals surface area contributed by atoms with Crippen LogP contribution in [0.5, 0.6) is 0 Å². The molecule has 0 atom stereocenters. The van der Waals surface area contributed by atoms with Gasteiger partial charge in [-0.15, -0.1) is 0 Å². The quantitative estimate of drug-likeness (QED) is 0.115. The lowest BCUT2D eigenvalue weighted by molar-refractivity contribution is 1.07. The maximum absolute atomic E-state index is 9.70. The van der Waals surface area contributed by atoms with Crippen LogP contribution >= 0.6 is 0 Å². The molecule has 8 aromatic carbocycles. The molecule has 58 heavy (non-hydrogen) atoms. The van der Waals surface area contributed by atoms with Crippen LogP contribution in [0.15, 0.2) is 212 Å². The van der Waals surface area contributed by atoms with E-state index < -0.39 is 8.07 Å². The van der Waals surface area contributed by atoms with Crippen molar-refractivity contribution in [3.8, 4) is 45.9 Å². The lowest BCUT2D eigenvalue weighted by Crippen LogP contribution is -2.74. The number of rotatable bonds is 8. The van der Waals surface area contributed by atoms with Crippen LogP contribution in [-0.2, 0) is 0 Å². The molecule has 0 aliphatic carbocycles. The topological polar surface area (TPSA) is 67.4 Å². The Morgan fingerprint density at radius 2 is 0.845 bits per heavy atom. The second kappa shape index (κ2) is 14.7. The first-order chi connectivity index (χ1) is 28.7. The summed E-state index contributed by atoms with van der Waals surface area (Å²) in [6.07, 6.45) is 0. The van der Waals surface area contributed by atoms with Gasteiger partial charge in [0.15, 0.2) is 25.5 Å². The molecule has 10 aromatic rings. The highest BCUT2D eigenvalue weighted by atomic mass is 28.3. The summed E-state index contributed by atoms with van der Waals surface area (Å²) in [6, 6.07) is 76.7. The minimum absolute atomic E-state index is 0.585. The standard InChI is InChI=1S/C52H35N5Si/c53-36-37-31-32-49-47(33-37)46-29-13-14-30-48(46)57(49)41-21-15-19-39(34-41)51-54-50(38-17-5-1-6-18-38)55-52(56-51)40-20-16-28-45(35-40)58(42-22-7-2-8-23-42,43-24-9-3-10-25-43)44-26-11-4-12-27-44/h1-35H. The molecule has 0 aliphatic rings. The van der Waals surface area contributed by atoms with E-state index in [4.69, 9.17) is 15.0 Å². The SMILES string of the molecule is N#Cc1ccc2c(c1)c1ccccc1n2-c1cccc(-c2nc(-c3ccccc3)nc(-c3cccc([Si](c4ccccc4)(c4ccccc4)c4ccccc4)c3)n2)c1. The number of hydrogen-bond acceptors (Lipinski definition) is 4. The van der Waals surface area contributed by atoms with Crippen LogP contribution < -0.4 is 20.7 Å². The number of hydrogen-bond donors (Lipinski definition) is 0. The molecule has 2 heterocycles. The zero-order valence-electron chi connectivity index (χ0n) is 31.4. The molecule has 5 nitrogen and oxygen atoms in total. The fourth-order valence-electron chi connectivity index (χ4n) is 8.41. The maximum atomic E-state index is 9.70. The highest BCUT2D eigenvalue weighted by molar-refractivity contribution is 7.19. The lowest BCUT2D eigenvalue weighted by Gasteiger charge is -2.34. The number of benzene rings is 8. The van der Waals surface area contributed by atoms with Gasteiger partial charge in [0.1, 0.15) is 0 Å². The molecule has 0 radical (unpaired) electrons. The molecular formula is C52H35N5Si. The third-order valence-corrected chi connectivity index (χ3v) is 15.8. The van der Waals surface area contributed by atoms with Crippen LogP contribution in [0.25, 0.3) is 61.7 Å². The monoisotopic (exact) mass is 757 g/mol. The third-order valence-electron chi connectivity index (χ3n) is 11.0. The lowest BCUT2D eigenvalue weighted by atomic mass is 10.1. The highest BCUT2D eigenvalue weighted by Gasteiger charge is 2.41. The molecule has 2 aromatic heterocycles. The summed E-state index contributed by atoms with van der Waals surface area (Å²) in [5.74, 6) is 1.80. The molecule has 6 heteroatoms. The van der Waals surface area contributed by atoms with Crippen LogP contribution in [0, 0.1) is 11.3 Å². The fraction of sp³-hybridized carbons (Fsp3) is 0. The zero-order valence-corrected chi connectivity index (χ0v) is 32.4. The van der Waals surface area contributed by atoms with Gasteiger partial charge >= 0.3 is 0 Å². The minimum Gasteiger partial charge on any atom is -0.309 e. The fourth-order valence-corrected chi connectivity index (χ4v) is 13.2. The first kappa shape index (κ1) is 34.7. The van der Waals surface area contributed by atoms with Crippen LogP contribution in [0.4, 0.5) is 0 Å². The summed E-state index contributed by atoms with van der Waals surface area (Å²) in [5.41, 5.74) is 6.40. The van der Waals surface area contributed by atoms with Crippen molar-refractivity contribution >= 4 is 50.6 Å². The van der Waals surface area contributed by atoms with E-state index in [1.165, 1.54) is 20.7 Å². The van der Waals surface area contributed by atoms with Gasteiger partial charge in [0.2, 0.25) is 0 Å². The van der Waals surface area contributed by atoms with Gasteiger partial charge in [0.25, 0.3) is 0 Å². The van der Waals surface area contributed by atoms with E-state index in [-0.39, 0.29) is 0 Å². The second-order valence-electron chi connectivity index (χ2n) is 14.3. The summed E-state index contributed by atoms with van der Waals surface area (Å²) in [4.78, 5) is 15.6. The van der Waals surface area contributed by atoms with Crippen LogP contribution in [-0.4, -0.2) is 27.6 Å². The van der Waals surface area contributed by atoms with E-state index in [0.29, 0.717) is 23.0 Å². The molecule has 10 rings (SSSR count). The van der Waals surface area contributed by atoms with Gasteiger partial charge in [0.05, 0.1) is 22.7 Å². The Hall–Kier alpha value is -7.72. The molecule has 0 N–H and O–H groups in total. The number of aromatic nitrogens is 4. The summed E-state index contributed by atoms with van der Waals surface area (Å²) in [6.45, 7) is 0. The van der Waals surface area contributed by atoms with Crippen LogP contribution in [0.2, 0.25) is 0 Å². The summed E-state index contributed by atoms with van der Waals surface area (Å²) in [5, 5.41) is 17.0. The first-order valence-electron chi connectivity index (χ1n) is 19.3. The number of para-hydroxylation sites is 1. The molecule has 0 saturated carbocycles. The summed E-state index contributed by atoms with van der Waals surface area (Å²) in [7, 11) is -2.80. The molecule has 0 unspecified atom stereocenters. The van der Waals surface area contributed by atoms with E-state index in [9.17, 15) is 5.26 Å². The Morgan fingerprint density at radius 3 is 1.45 bits per heavy atom. The van der Waals surface area contributed by atoms with Crippen molar-refractivity contribution in [2.24, 2.45) is 0 Å². The van der Waals surface area contributed by atoms with Crippen LogP contribution in [0.1, 0.15) is 5.56 Å². The van der Waals surface area contributed by atoms with Crippen molar-refractivity contribution in [2.75, 3.05) is 0 Å². The van der Waals surface area contributed by atoms with Crippen molar-refractivity contribution in [1.29, 1.82) is 5.26 Å². The van der Waals surface area contributed by atoms with Crippen molar-refractivity contribution < 1.29 is 0 Å². The maximum Gasteiger partial charge on any atom is 0.179 e. The number of fused-ring (bicyclic) bond motifs is 3. The Labute approximate surface area is 337 Å². The Morgan fingerprint density at radius 1 is 0.379 bits per heavy atom. The number of nitriles is 1. The number of nitrogens with zero attached hydrogens (tertiary/aromatic N) is 5. The van der Waals surface area contributed by atoms with E-state index in [0.717, 1.165) is 44.2 Å². The van der Waals surface area contributed by atoms with Gasteiger partial charge < -0.3 is 4.57 Å². The van der Waals surface area contributed by atoms with E-state index in [1.54, 1.807) is 0 Å². The average molecular weight is 758 g/mol. The minimum atomic E-state index is -2.80. The molecule has 0 spiro atoms. The Kier molecular flexibility index (Phi) is 8.83. The highest BCUT2D eigenvalue weighted by Crippen LogP contribution is 2.34. The molecule has 272 valence electrons. The van der Waals surface area contributed by atoms with Gasteiger partial charge in [-0.05, 0) is 57.1 Å². The molecule has 0 amide bonds. The Bertz CT molecular complexity index is 3020. The third kappa shape index (κ3) is 5.98. The zero-order chi connectivity index (χ0) is 38.9. The van der Waals surface area contributed by atoms with Crippen molar-refractivity contribution in [3.63, 3.8) is 0 Å². The summed E-state index contributed by atoms with van der Waals surface area (Å²) >= 11 is 0. The predicted octanol–water partition coefficient (Wildman–Crippen LogP) is 9.22. The van der Waals surface area contributed by atoms with Gasteiger partial charge in [-0.25, -0.2) is 15.0 Å². The predicted molar refractivity (Wildman–Crippen MR) is 239 cm³/mol. The first-order valence-corrected chi connectivity index (χ1v) is 21.3. The molecular weight excluding hydrogens is 723 g/mol. The summed E-state index contributed by atoms with van der Waals surface area (Å²) < 4.78 is 2.25. The van der Waals surface area contributed by atoms with Gasteiger partial charge in [-0.1, -0.05) is 176 Å². The normalized spacial score (nSPS) is 11.4. The molecule has 0 fully saturated rings. The van der Waals surface area contributed by atoms with E-state index in [1.807, 2.05) is 54.6 Å². The van der Waals surface area contributed by atoms with Gasteiger partial charge in [0, 0.05) is 33.2 Å². The van der Waals surface area contributed by atoms with Crippen molar-refractivity contribution in [3.05, 3.63) is 218 Å². The second-order valence-corrected chi connectivity index (χ2v) is 18.2. The van der Waals surface area contributed by atoms with Crippen molar-refractivity contribution in [1.82, 2.24) is 19.5 Å². The smallest absolute Gasteiger partial charge is 0.179 e. The van der Waals surface area contributed by atoms with Gasteiger partial charge in [-0.3, -0.25) is 0 Å². The molecule has 0 bridgehead atoms. The van der Waals surface area contributed by atoms with Crippen molar-refractivity contribution in [2.45, 2.75) is 0 Å². The van der Waals surface area contributed by atoms with Crippen LogP contribution in [0.3, 0.4) is 0 Å². The van der Waals surface area contributed by atoms with Gasteiger partial charge in [-0.2, -0.15) is 5.26 Å². The Balaban J connectivity index is 1.17. The van der Waals surface area contributed by atoms with E-state index >= 15 is 0 Å². The molecule has 0 saturated heterocycles. The molecule has 0 aliphatic heterocycles. The average Bonchev–Trinajstić information content (AvgIpc) is 3.64.